The molecule has 0 aromatic heterocycles. The van der Waals surface area contributed by atoms with E-state index in [0.717, 1.165) is 7.96 Å². The highest BCUT2D eigenvalue weighted by Gasteiger charge is 1.30. The lowest BCUT2D eigenvalue weighted by atomic mass is 29.4. The Kier molecular flexibility index (Phi) is 6.75. The molecule has 26 valence electrons. The first-order valence-corrected chi connectivity index (χ1v) is 6.93. The molecule has 0 aliphatic heterocycles. The van der Waals surface area contributed by atoms with Gasteiger partial charge in [-0.25, -0.2) is 0 Å². The average molecular weight is 129 g/mol. The zero-order valence-electron chi connectivity index (χ0n) is 2.10. The van der Waals surface area contributed by atoms with Crippen LogP contribution in [0.4, 0.5) is 0 Å². The van der Waals surface area contributed by atoms with Crippen LogP contribution in [-0.2, 0) is 0 Å². The molecule has 0 aromatic rings. The van der Waals surface area contributed by atoms with Crippen LogP contribution in [0.15, 0.2) is 0 Å². The zero-order chi connectivity index (χ0) is 3.41. The highest BCUT2D eigenvalue weighted by Crippen LogP contribution is 2.48. The Bertz CT molecular complexity index is 2.00. The summed E-state index contributed by atoms with van der Waals surface area (Å²) in [4.78, 5) is 0. The van der Waals surface area contributed by atoms with Gasteiger partial charge in [-0.05, 0) is 0 Å². The van der Waals surface area contributed by atoms with Crippen LogP contribution in [0.25, 0.3) is 0 Å². The van der Waals surface area contributed by atoms with Crippen LogP contribution in [0.5, 0.6) is 0 Å². The Morgan fingerprint density at radius 3 is 2.00 bits per heavy atom. The summed E-state index contributed by atoms with van der Waals surface area (Å²) >= 11 is 0. The fourth-order valence-corrected chi connectivity index (χ4v) is 0. The summed E-state index contributed by atoms with van der Waals surface area (Å²) in [6.07, 6.45) is 0. The van der Waals surface area contributed by atoms with Crippen LogP contribution in [0.1, 0.15) is 0 Å². The third kappa shape index (κ3) is 3.72. The molecule has 0 spiro atoms. The SMILES string of the molecule is P[P-]PP. The lowest BCUT2D eigenvalue weighted by molar-refractivity contribution is 5.30. The van der Waals surface area contributed by atoms with E-state index < -0.39 is 0 Å². The second-order valence-corrected chi connectivity index (χ2v) is 6.97. The number of rotatable bonds is 1. The van der Waals surface area contributed by atoms with E-state index in [2.05, 4.69) is 17.9 Å². The molecule has 0 aromatic carbocycles. The third-order valence-corrected chi connectivity index (χ3v) is 6.04. The molecule has 0 aliphatic carbocycles. The van der Waals surface area contributed by atoms with Crippen molar-refractivity contribution in [2.24, 2.45) is 0 Å². The van der Waals surface area contributed by atoms with Crippen molar-refractivity contribution in [2.45, 2.75) is 0 Å². The van der Waals surface area contributed by atoms with Crippen molar-refractivity contribution in [3.63, 3.8) is 0 Å². The molecule has 4 heteroatoms. The molecule has 0 nitrogen and oxygen atoms in total. The van der Waals surface area contributed by atoms with Crippen LogP contribution < -0.4 is 0 Å². The van der Waals surface area contributed by atoms with E-state index in [9.17, 15) is 0 Å². The average Bonchev–Trinajstić information content (AvgIpc) is 1.37. The lowest BCUT2D eigenvalue weighted by Gasteiger charge is -1.96. The van der Waals surface area contributed by atoms with Gasteiger partial charge in [-0.2, -0.15) is 0 Å². The van der Waals surface area contributed by atoms with Gasteiger partial charge in [0.1, 0.15) is 0 Å². The van der Waals surface area contributed by atoms with E-state index in [0.29, 0.717) is 0 Å². The fourth-order valence-electron chi connectivity index (χ4n) is 0. The summed E-state index contributed by atoms with van der Waals surface area (Å²) in [5, 5.41) is 0. The minimum Gasteiger partial charge on any atom is -0.481 e. The quantitative estimate of drug-likeness (QED) is 0.475. The van der Waals surface area contributed by atoms with E-state index in [-0.39, 0.29) is 0 Å². The van der Waals surface area contributed by atoms with Gasteiger partial charge in [0.25, 0.3) is 0 Å². The predicted octanol–water partition coefficient (Wildman–Crippen LogP) is 2.11. The topological polar surface area (TPSA) is 0 Å². The molecule has 0 fully saturated rings. The van der Waals surface area contributed by atoms with Crippen molar-refractivity contribution in [1.29, 1.82) is 0 Å². The maximum Gasteiger partial charge on any atom is -0.145 e. The number of hydrogen-bond acceptors (Lipinski definition) is 0. The Labute approximate surface area is 34.5 Å². The zero-order valence-corrected chi connectivity index (χ0v) is 6.31. The third-order valence-electron chi connectivity index (χ3n) is 0.0745. The molecule has 0 bridgehead atoms. The highest BCUT2D eigenvalue weighted by atomic mass is 32.6. The molecule has 3 atom stereocenters. The van der Waals surface area contributed by atoms with Crippen LogP contribution in [-0.4, -0.2) is 0 Å². The van der Waals surface area contributed by atoms with Crippen molar-refractivity contribution in [3.05, 3.63) is 0 Å². The van der Waals surface area contributed by atoms with Gasteiger partial charge < -0.3 is 7.96 Å². The molecule has 0 aliphatic rings. The van der Waals surface area contributed by atoms with Gasteiger partial charge in [0.05, 0.1) is 0 Å². The Morgan fingerprint density at radius 2 is 2.00 bits per heavy atom. The van der Waals surface area contributed by atoms with E-state index in [1.165, 1.54) is 7.96 Å². The second-order valence-electron chi connectivity index (χ2n) is 0.258. The Hall–Kier alpha value is 1.72. The van der Waals surface area contributed by atoms with Crippen LogP contribution in [0.3, 0.4) is 0 Å². The maximum absolute atomic E-state index is 2.65. The second kappa shape index (κ2) is 4.72. The molecule has 0 radical (unpaired) electrons. The first kappa shape index (κ1) is 5.72. The molecule has 3 unspecified atom stereocenters. The molecule has 0 rings (SSSR count). The minimum atomic E-state index is 0.992. The summed E-state index contributed by atoms with van der Waals surface area (Å²) in [6.45, 7) is 0. The van der Waals surface area contributed by atoms with Gasteiger partial charge in [-0.3, -0.25) is 16.9 Å². The molecule has 4 heavy (non-hydrogen) atoms. The molecule has 0 saturated heterocycles. The van der Waals surface area contributed by atoms with E-state index in [1.54, 1.807) is 0 Å². The van der Waals surface area contributed by atoms with Gasteiger partial charge in [-0.15, -0.1) is 8.93 Å². The molecule has 0 amide bonds. The monoisotopic (exact) mass is 129 g/mol. The summed E-state index contributed by atoms with van der Waals surface area (Å²) in [6, 6.07) is 0. The Balaban J connectivity index is 1.97. The van der Waals surface area contributed by atoms with E-state index >= 15 is 0 Å². The first-order chi connectivity index (χ1) is 1.91. The summed E-state index contributed by atoms with van der Waals surface area (Å²) in [5.74, 6) is 0. The summed E-state index contributed by atoms with van der Waals surface area (Å²) in [7, 11) is 7.67. The fraction of sp³-hybridized carbons (Fsp3) is 0. The van der Waals surface area contributed by atoms with Crippen LogP contribution in [0.2, 0.25) is 0 Å². The van der Waals surface area contributed by atoms with E-state index in [4.69, 9.17) is 0 Å². The standard InChI is InChI=1S/H5P4/c1-3-4-2/h3H,1-2H2/q-1. The molecule has 0 heterocycles. The van der Waals surface area contributed by atoms with Crippen LogP contribution in [0, 0.1) is 0 Å². The summed E-state index contributed by atoms with van der Waals surface area (Å²) < 4.78 is 0. The van der Waals surface area contributed by atoms with Crippen LogP contribution >= 0.6 is 33.8 Å². The van der Waals surface area contributed by atoms with Gasteiger partial charge in [0.15, 0.2) is 0 Å². The maximum atomic E-state index is 2.65. The van der Waals surface area contributed by atoms with Gasteiger partial charge >= 0.3 is 0 Å². The number of hydrogen-bond donors (Lipinski definition) is 0. The minimum absolute atomic E-state index is 0.992. The normalized spacial score (nSPS) is 13.5. The Morgan fingerprint density at radius 1 is 1.75 bits per heavy atom. The van der Waals surface area contributed by atoms with Crippen molar-refractivity contribution in [2.75, 3.05) is 0 Å². The van der Waals surface area contributed by atoms with Crippen molar-refractivity contribution < 1.29 is 0 Å². The highest BCUT2D eigenvalue weighted by molar-refractivity contribution is 8.54. The van der Waals surface area contributed by atoms with Crippen molar-refractivity contribution >= 4 is 33.8 Å². The van der Waals surface area contributed by atoms with Gasteiger partial charge in [-0.1, -0.05) is 0 Å². The van der Waals surface area contributed by atoms with Crippen molar-refractivity contribution in [3.8, 4) is 0 Å². The van der Waals surface area contributed by atoms with Gasteiger partial charge in [0, 0.05) is 0 Å². The van der Waals surface area contributed by atoms with Gasteiger partial charge in [0.2, 0.25) is 0 Å². The first-order valence-electron chi connectivity index (χ1n) is 0.770. The summed E-state index contributed by atoms with van der Waals surface area (Å²) in [5.41, 5.74) is 0. The van der Waals surface area contributed by atoms with Crippen molar-refractivity contribution in [1.82, 2.24) is 0 Å². The predicted molar refractivity (Wildman–Crippen MR) is 34.7 cm³/mol. The smallest absolute Gasteiger partial charge is 0.145 e. The molecule has 0 saturated carbocycles. The molecular formula is H5P4-. The molecule has 0 N–H and O–H groups in total. The largest absolute Gasteiger partial charge is 0.481 e. The van der Waals surface area contributed by atoms with E-state index in [1.807, 2.05) is 0 Å². The lowest BCUT2D eigenvalue weighted by Crippen LogP contribution is -0.756. The molecular weight excluding hydrogens is 124 g/mol.